The van der Waals surface area contributed by atoms with Gasteiger partial charge >= 0.3 is 5.97 Å². The van der Waals surface area contributed by atoms with E-state index in [1.165, 1.54) is 14.0 Å². The van der Waals surface area contributed by atoms with E-state index in [2.05, 4.69) is 10.8 Å². The summed E-state index contributed by atoms with van der Waals surface area (Å²) in [5, 5.41) is -0.512. The number of thioether (sulfide) groups is 1. The van der Waals surface area contributed by atoms with Crippen LogP contribution in [-0.2, 0) is 20.9 Å². The fourth-order valence-electron chi connectivity index (χ4n) is 3.21. The number of carbonyl (C=O) groups excluding carboxylic acids is 3. The summed E-state index contributed by atoms with van der Waals surface area (Å²) in [6, 6.07) is 12.4. The third kappa shape index (κ3) is 5.31. The van der Waals surface area contributed by atoms with Gasteiger partial charge in [-0.1, -0.05) is 35.9 Å². The van der Waals surface area contributed by atoms with E-state index >= 15 is 0 Å². The number of ether oxygens (including phenoxy) is 3. The summed E-state index contributed by atoms with van der Waals surface area (Å²) in [4.78, 5) is 37.9. The maximum absolute atomic E-state index is 12.7. The van der Waals surface area contributed by atoms with E-state index in [0.29, 0.717) is 30.3 Å². The number of aryl methyl sites for hydroxylation is 1. The minimum atomic E-state index is -0.991. The fourth-order valence-corrected chi connectivity index (χ4v) is 4.11. The summed E-state index contributed by atoms with van der Waals surface area (Å²) >= 11 is 0.784. The molecule has 2 aromatic rings. The number of esters is 1. The molecule has 0 N–H and O–H groups in total. The Bertz CT molecular complexity index is 1060. The lowest BCUT2D eigenvalue weighted by Gasteiger charge is -2.18. The second kappa shape index (κ2) is 10.4. The molecule has 0 saturated carbocycles. The highest BCUT2D eigenvalue weighted by Crippen LogP contribution is 2.36. The van der Waals surface area contributed by atoms with Crippen molar-refractivity contribution in [2.24, 2.45) is 0 Å². The van der Waals surface area contributed by atoms with Crippen molar-refractivity contribution in [2.45, 2.75) is 33.4 Å². The predicted molar refractivity (Wildman–Crippen MR) is 122 cm³/mol. The second-order valence-corrected chi connectivity index (χ2v) is 8.16. The summed E-state index contributed by atoms with van der Waals surface area (Å²) < 4.78 is 16.3. The van der Waals surface area contributed by atoms with Crippen LogP contribution in [0, 0.1) is 6.92 Å². The molecule has 8 heteroatoms. The van der Waals surface area contributed by atoms with Gasteiger partial charge in [-0.25, -0.2) is 4.79 Å². The van der Waals surface area contributed by atoms with Crippen LogP contribution >= 0.6 is 11.8 Å². The first kappa shape index (κ1) is 23.4. The summed E-state index contributed by atoms with van der Waals surface area (Å²) in [5.74, 6) is -0.0630. The van der Waals surface area contributed by atoms with E-state index in [1.54, 1.807) is 24.3 Å². The van der Waals surface area contributed by atoms with Crippen LogP contribution in [0.25, 0.3) is 6.08 Å². The molecule has 0 unspecified atom stereocenters. The average molecular weight is 456 g/mol. The van der Waals surface area contributed by atoms with Crippen LogP contribution < -0.4 is 9.47 Å². The minimum Gasteiger partial charge on any atom is -0.490 e. The molecule has 1 fully saturated rings. The molecule has 0 radical (unpaired) electrons. The second-order valence-electron chi connectivity index (χ2n) is 7.17. The molecule has 0 aliphatic carbocycles. The quantitative estimate of drug-likeness (QED) is 0.426. The normalized spacial score (nSPS) is 15.8. The van der Waals surface area contributed by atoms with Crippen molar-refractivity contribution < 1.29 is 28.6 Å². The number of hydrogen-bond acceptors (Lipinski definition) is 7. The fraction of sp³-hybridized carbons (Fsp3) is 0.292. The van der Waals surface area contributed by atoms with Crippen LogP contribution in [0.5, 0.6) is 11.5 Å². The molecule has 1 aliphatic rings. The van der Waals surface area contributed by atoms with Crippen molar-refractivity contribution in [3.63, 3.8) is 0 Å². The van der Waals surface area contributed by atoms with Crippen LogP contribution in [0.3, 0.4) is 0 Å². The third-order valence-corrected chi connectivity index (χ3v) is 5.68. The van der Waals surface area contributed by atoms with Crippen molar-refractivity contribution >= 4 is 35.0 Å². The molecule has 32 heavy (non-hydrogen) atoms. The molecule has 0 spiro atoms. The Balaban J connectivity index is 1.80. The number of carbonyl (C=O) groups is 3. The maximum Gasteiger partial charge on any atom is 0.328 e. The van der Waals surface area contributed by atoms with Crippen LogP contribution in [-0.4, -0.2) is 41.8 Å². The summed E-state index contributed by atoms with van der Waals surface area (Å²) in [6.45, 7) is 6.19. The first-order chi connectivity index (χ1) is 15.3. The Morgan fingerprint density at radius 2 is 1.91 bits per heavy atom. The number of methoxy groups -OCH3 is 1. The van der Waals surface area contributed by atoms with E-state index in [4.69, 9.17) is 9.47 Å². The molecular weight excluding hydrogens is 430 g/mol. The van der Waals surface area contributed by atoms with Crippen LogP contribution in [0.1, 0.15) is 30.5 Å². The summed E-state index contributed by atoms with van der Waals surface area (Å²) in [6.07, 6.45) is 1.60. The first-order valence-corrected chi connectivity index (χ1v) is 11.0. The Kier molecular flexibility index (Phi) is 7.58. The number of hydrogen-bond donors (Lipinski definition) is 0. The lowest BCUT2D eigenvalue weighted by Crippen LogP contribution is -2.42. The number of benzene rings is 2. The number of rotatable bonds is 8. The maximum atomic E-state index is 12.7. The predicted octanol–water partition coefficient (Wildman–Crippen LogP) is 4.57. The largest absolute Gasteiger partial charge is 0.490 e. The standard InChI is InChI=1S/C24H25NO6S/c1-5-30-20-12-17(9-10-19(20)31-14-18-8-6-7-15(2)11-18)13-21-22(26)25(24(28)32-21)16(3)23(27)29-4/h6-13,16H,5,14H2,1-4H3/b21-13+/t16-/m0/s1. The number of imide groups is 1. The zero-order valence-electron chi connectivity index (χ0n) is 18.4. The van der Waals surface area contributed by atoms with Gasteiger partial charge in [0.2, 0.25) is 0 Å². The Labute approximate surface area is 191 Å². The van der Waals surface area contributed by atoms with E-state index in [1.807, 2.05) is 32.0 Å². The highest BCUT2D eigenvalue weighted by molar-refractivity contribution is 8.18. The van der Waals surface area contributed by atoms with Gasteiger partial charge < -0.3 is 14.2 Å². The SMILES string of the molecule is CCOc1cc(/C=C2/SC(=O)N([C@@H](C)C(=O)OC)C2=O)ccc1OCc1cccc(C)c1. The monoisotopic (exact) mass is 455 g/mol. The Morgan fingerprint density at radius 1 is 1.12 bits per heavy atom. The van der Waals surface area contributed by atoms with Crippen LogP contribution in [0.15, 0.2) is 47.4 Å². The van der Waals surface area contributed by atoms with Gasteiger partial charge in [-0.05, 0) is 61.9 Å². The van der Waals surface area contributed by atoms with Gasteiger partial charge in [-0.3, -0.25) is 14.5 Å². The summed E-state index contributed by atoms with van der Waals surface area (Å²) in [5.41, 5.74) is 2.87. The van der Waals surface area contributed by atoms with E-state index in [-0.39, 0.29) is 4.91 Å². The lowest BCUT2D eigenvalue weighted by atomic mass is 10.1. The van der Waals surface area contributed by atoms with Gasteiger partial charge in [0, 0.05) is 0 Å². The van der Waals surface area contributed by atoms with Gasteiger partial charge in [0.1, 0.15) is 12.6 Å². The molecule has 1 heterocycles. The topological polar surface area (TPSA) is 82.1 Å². The smallest absolute Gasteiger partial charge is 0.328 e. The minimum absolute atomic E-state index is 0.224. The molecular formula is C24H25NO6S. The Hall–Kier alpha value is -3.26. The first-order valence-electron chi connectivity index (χ1n) is 10.1. The molecule has 1 aliphatic heterocycles. The molecule has 3 rings (SSSR count). The number of nitrogens with zero attached hydrogens (tertiary/aromatic N) is 1. The van der Waals surface area contributed by atoms with Gasteiger partial charge in [0.25, 0.3) is 11.1 Å². The average Bonchev–Trinajstić information content (AvgIpc) is 3.05. The highest BCUT2D eigenvalue weighted by atomic mass is 32.2. The van der Waals surface area contributed by atoms with Gasteiger partial charge in [-0.2, -0.15) is 0 Å². The molecule has 1 saturated heterocycles. The van der Waals surface area contributed by atoms with Crippen molar-refractivity contribution in [1.82, 2.24) is 4.90 Å². The number of amides is 2. The van der Waals surface area contributed by atoms with Gasteiger partial charge in [-0.15, -0.1) is 0 Å². The molecule has 0 aromatic heterocycles. The van der Waals surface area contributed by atoms with E-state index < -0.39 is 23.2 Å². The Morgan fingerprint density at radius 3 is 2.59 bits per heavy atom. The van der Waals surface area contributed by atoms with Crippen molar-refractivity contribution in [1.29, 1.82) is 0 Å². The summed E-state index contributed by atoms with van der Waals surface area (Å²) in [7, 11) is 1.21. The molecule has 1 atom stereocenters. The highest BCUT2D eigenvalue weighted by Gasteiger charge is 2.41. The lowest BCUT2D eigenvalue weighted by molar-refractivity contribution is -0.148. The molecule has 2 amide bonds. The molecule has 2 aromatic carbocycles. The van der Waals surface area contributed by atoms with E-state index in [0.717, 1.165) is 27.8 Å². The van der Waals surface area contributed by atoms with Crippen LogP contribution in [0.4, 0.5) is 4.79 Å². The molecule has 7 nitrogen and oxygen atoms in total. The van der Waals surface area contributed by atoms with Crippen molar-refractivity contribution in [2.75, 3.05) is 13.7 Å². The van der Waals surface area contributed by atoms with Gasteiger partial charge in [0.05, 0.1) is 18.6 Å². The third-order valence-electron chi connectivity index (χ3n) is 4.80. The molecule has 168 valence electrons. The van der Waals surface area contributed by atoms with Crippen LogP contribution in [0.2, 0.25) is 0 Å². The zero-order chi connectivity index (χ0) is 23.3. The van der Waals surface area contributed by atoms with Crippen molar-refractivity contribution in [3.05, 3.63) is 64.1 Å². The van der Waals surface area contributed by atoms with Crippen molar-refractivity contribution in [3.8, 4) is 11.5 Å². The van der Waals surface area contributed by atoms with E-state index in [9.17, 15) is 14.4 Å². The molecule has 0 bridgehead atoms. The zero-order valence-corrected chi connectivity index (χ0v) is 19.2. The van der Waals surface area contributed by atoms with Gasteiger partial charge in [0.15, 0.2) is 11.5 Å².